The van der Waals surface area contributed by atoms with Crippen LogP contribution >= 0.6 is 22.9 Å². The number of aromatic nitrogens is 1. The molecule has 28 heavy (non-hydrogen) atoms. The summed E-state index contributed by atoms with van der Waals surface area (Å²) >= 11 is 7.35. The predicted octanol–water partition coefficient (Wildman–Crippen LogP) is 4.11. The van der Waals surface area contributed by atoms with E-state index in [0.717, 1.165) is 16.4 Å². The fraction of sp³-hybridized carbons (Fsp3) is 0.211. The van der Waals surface area contributed by atoms with Crippen LogP contribution in [0.15, 0.2) is 58.8 Å². The number of rotatable bonds is 4. The van der Waals surface area contributed by atoms with Crippen LogP contribution in [0.3, 0.4) is 0 Å². The lowest BCUT2D eigenvalue weighted by Crippen LogP contribution is -2.48. The van der Waals surface area contributed by atoms with Crippen molar-refractivity contribution in [3.05, 3.63) is 64.8 Å². The van der Waals surface area contributed by atoms with Crippen LogP contribution in [0.25, 0.3) is 11.3 Å². The Labute approximate surface area is 172 Å². The first kappa shape index (κ1) is 19.3. The molecule has 4 rings (SSSR count). The van der Waals surface area contributed by atoms with Crippen molar-refractivity contribution in [1.82, 2.24) is 9.29 Å². The average Bonchev–Trinajstić information content (AvgIpc) is 3.19. The highest BCUT2D eigenvalue weighted by molar-refractivity contribution is 7.89. The zero-order chi connectivity index (χ0) is 19.7. The summed E-state index contributed by atoms with van der Waals surface area (Å²) in [7, 11) is -3.53. The molecule has 1 aromatic heterocycles. The Morgan fingerprint density at radius 1 is 0.964 bits per heavy atom. The number of hydrogen-bond donors (Lipinski definition) is 0. The predicted molar refractivity (Wildman–Crippen MR) is 110 cm³/mol. The van der Waals surface area contributed by atoms with Gasteiger partial charge in [-0.2, -0.15) is 4.31 Å². The molecule has 0 saturated carbocycles. The van der Waals surface area contributed by atoms with Crippen molar-refractivity contribution in [3.63, 3.8) is 0 Å². The van der Waals surface area contributed by atoms with Gasteiger partial charge in [-0.25, -0.2) is 17.8 Å². The molecule has 0 amide bonds. The van der Waals surface area contributed by atoms with Gasteiger partial charge in [0.05, 0.1) is 10.6 Å². The summed E-state index contributed by atoms with van der Waals surface area (Å²) in [5.41, 5.74) is 1.64. The van der Waals surface area contributed by atoms with Gasteiger partial charge in [-0.05, 0) is 48.5 Å². The maximum absolute atomic E-state index is 13.1. The monoisotopic (exact) mass is 437 g/mol. The molecular formula is C19H17ClFN3O2S2. The number of sulfonamides is 1. The highest BCUT2D eigenvalue weighted by Crippen LogP contribution is 2.29. The van der Waals surface area contributed by atoms with E-state index >= 15 is 0 Å². The van der Waals surface area contributed by atoms with Crippen molar-refractivity contribution in [2.45, 2.75) is 4.90 Å². The summed E-state index contributed by atoms with van der Waals surface area (Å²) in [6, 6.07) is 12.4. The van der Waals surface area contributed by atoms with Crippen LogP contribution < -0.4 is 4.90 Å². The lowest BCUT2D eigenvalue weighted by molar-refractivity contribution is 0.385. The number of thiazole rings is 1. The second kappa shape index (κ2) is 7.79. The third-order valence-corrected chi connectivity index (χ3v) is 7.66. The summed E-state index contributed by atoms with van der Waals surface area (Å²) in [4.78, 5) is 6.95. The first-order valence-electron chi connectivity index (χ1n) is 8.65. The molecule has 1 saturated heterocycles. The van der Waals surface area contributed by atoms with Gasteiger partial charge in [-0.15, -0.1) is 11.3 Å². The van der Waals surface area contributed by atoms with Crippen LogP contribution in [0.2, 0.25) is 5.02 Å². The molecule has 1 fully saturated rings. The number of hydrogen-bond acceptors (Lipinski definition) is 5. The van der Waals surface area contributed by atoms with E-state index in [1.807, 2.05) is 5.38 Å². The molecule has 0 bridgehead atoms. The van der Waals surface area contributed by atoms with Gasteiger partial charge in [-0.1, -0.05) is 11.6 Å². The van der Waals surface area contributed by atoms with E-state index in [0.29, 0.717) is 31.2 Å². The first-order chi connectivity index (χ1) is 13.4. The minimum absolute atomic E-state index is 0.248. The van der Waals surface area contributed by atoms with E-state index in [-0.39, 0.29) is 10.7 Å². The third-order valence-electron chi connectivity index (χ3n) is 4.59. The highest BCUT2D eigenvalue weighted by atomic mass is 35.5. The zero-order valence-corrected chi connectivity index (χ0v) is 17.1. The molecule has 0 N–H and O–H groups in total. The van der Waals surface area contributed by atoms with Crippen LogP contribution in [0.4, 0.5) is 9.52 Å². The molecule has 5 nitrogen and oxygen atoms in total. The van der Waals surface area contributed by atoms with Gasteiger partial charge in [-0.3, -0.25) is 0 Å². The Balaban J connectivity index is 1.44. The largest absolute Gasteiger partial charge is 0.345 e. The Hall–Kier alpha value is -2.00. The van der Waals surface area contributed by atoms with Gasteiger partial charge in [0.25, 0.3) is 0 Å². The zero-order valence-electron chi connectivity index (χ0n) is 14.8. The van der Waals surface area contributed by atoms with Crippen LogP contribution in [-0.2, 0) is 10.0 Å². The molecule has 2 aromatic carbocycles. The molecule has 3 aromatic rings. The number of halogens is 2. The van der Waals surface area contributed by atoms with E-state index in [9.17, 15) is 12.8 Å². The first-order valence-corrected chi connectivity index (χ1v) is 11.4. The summed E-state index contributed by atoms with van der Waals surface area (Å²) in [6.07, 6.45) is 0. The maximum Gasteiger partial charge on any atom is 0.243 e. The van der Waals surface area contributed by atoms with Crippen molar-refractivity contribution in [2.75, 3.05) is 31.1 Å². The van der Waals surface area contributed by atoms with Gasteiger partial charge >= 0.3 is 0 Å². The molecule has 0 spiro atoms. The summed E-state index contributed by atoms with van der Waals surface area (Å²) in [5.74, 6) is -0.280. The third kappa shape index (κ3) is 3.91. The summed E-state index contributed by atoms with van der Waals surface area (Å²) < 4.78 is 40.1. The van der Waals surface area contributed by atoms with Crippen LogP contribution in [0, 0.1) is 5.82 Å². The fourth-order valence-corrected chi connectivity index (χ4v) is 5.47. The van der Waals surface area contributed by atoms with E-state index in [1.54, 1.807) is 24.3 Å². The SMILES string of the molecule is O=S(=O)(c1ccc(Cl)cc1)N1CCN(c2nc(-c3ccc(F)cc3)cs2)CC1. The second-order valence-electron chi connectivity index (χ2n) is 6.37. The quantitative estimate of drug-likeness (QED) is 0.616. The lowest BCUT2D eigenvalue weighted by atomic mass is 10.2. The van der Waals surface area contributed by atoms with E-state index in [1.165, 1.54) is 39.9 Å². The number of piperazine rings is 1. The van der Waals surface area contributed by atoms with Gasteiger partial charge in [0.2, 0.25) is 10.0 Å². The van der Waals surface area contributed by atoms with E-state index in [4.69, 9.17) is 11.6 Å². The topological polar surface area (TPSA) is 53.5 Å². The van der Waals surface area contributed by atoms with Crippen LogP contribution in [0.1, 0.15) is 0 Å². The summed E-state index contributed by atoms with van der Waals surface area (Å²) in [6.45, 7) is 1.89. The second-order valence-corrected chi connectivity index (χ2v) is 9.58. The molecule has 1 aliphatic rings. The number of benzene rings is 2. The van der Waals surface area contributed by atoms with Gasteiger partial charge < -0.3 is 4.90 Å². The molecule has 0 radical (unpaired) electrons. The van der Waals surface area contributed by atoms with Crippen molar-refractivity contribution in [3.8, 4) is 11.3 Å². The van der Waals surface area contributed by atoms with E-state index in [2.05, 4.69) is 9.88 Å². The average molecular weight is 438 g/mol. The van der Waals surface area contributed by atoms with Gasteiger partial charge in [0, 0.05) is 42.1 Å². The Kier molecular flexibility index (Phi) is 5.37. The molecule has 2 heterocycles. The standard InChI is InChI=1S/C19H17ClFN3O2S2/c20-15-3-7-17(8-4-15)28(25,26)24-11-9-23(10-12-24)19-22-18(13-27-19)14-1-5-16(21)6-2-14/h1-8,13H,9-12H2. The van der Waals surface area contributed by atoms with Crippen molar-refractivity contribution in [2.24, 2.45) is 0 Å². The Bertz CT molecular complexity index is 1060. The normalized spacial score (nSPS) is 15.7. The highest BCUT2D eigenvalue weighted by Gasteiger charge is 2.29. The Morgan fingerprint density at radius 2 is 1.61 bits per heavy atom. The van der Waals surface area contributed by atoms with Crippen molar-refractivity contribution in [1.29, 1.82) is 0 Å². The Morgan fingerprint density at radius 3 is 2.25 bits per heavy atom. The molecule has 1 aliphatic heterocycles. The smallest absolute Gasteiger partial charge is 0.243 e. The van der Waals surface area contributed by atoms with Crippen LogP contribution in [0.5, 0.6) is 0 Å². The van der Waals surface area contributed by atoms with Gasteiger partial charge in [0.15, 0.2) is 5.13 Å². The lowest BCUT2D eigenvalue weighted by Gasteiger charge is -2.33. The molecule has 9 heteroatoms. The van der Waals surface area contributed by atoms with Gasteiger partial charge in [0.1, 0.15) is 5.82 Å². The molecular weight excluding hydrogens is 421 g/mol. The van der Waals surface area contributed by atoms with Crippen molar-refractivity contribution < 1.29 is 12.8 Å². The molecule has 146 valence electrons. The fourth-order valence-electron chi connectivity index (χ4n) is 3.04. The van der Waals surface area contributed by atoms with E-state index < -0.39 is 10.0 Å². The molecule has 0 unspecified atom stereocenters. The maximum atomic E-state index is 13.1. The minimum Gasteiger partial charge on any atom is -0.345 e. The number of anilines is 1. The number of nitrogens with zero attached hydrogens (tertiary/aromatic N) is 3. The summed E-state index contributed by atoms with van der Waals surface area (Å²) in [5, 5.41) is 3.27. The minimum atomic E-state index is -3.53. The molecule has 0 aliphatic carbocycles. The van der Waals surface area contributed by atoms with Crippen LogP contribution in [-0.4, -0.2) is 43.9 Å². The van der Waals surface area contributed by atoms with Crippen molar-refractivity contribution >= 4 is 38.1 Å². The molecule has 0 atom stereocenters.